The van der Waals surface area contributed by atoms with Crippen molar-refractivity contribution >= 4 is 5.97 Å². The van der Waals surface area contributed by atoms with Crippen LogP contribution in [0.4, 0.5) is 0 Å². The molecule has 2 aromatic rings. The van der Waals surface area contributed by atoms with E-state index in [1.165, 1.54) is 19.3 Å². The lowest BCUT2D eigenvalue weighted by Gasteiger charge is -2.30. The van der Waals surface area contributed by atoms with Gasteiger partial charge in [0.15, 0.2) is 0 Å². The normalized spacial score (nSPS) is 16.0. The van der Waals surface area contributed by atoms with Gasteiger partial charge in [-0.15, -0.1) is 0 Å². The van der Waals surface area contributed by atoms with Gasteiger partial charge >= 0.3 is 5.97 Å². The number of likely N-dealkylation sites (tertiary alicyclic amines) is 1. The number of nitrogens with zero attached hydrogens (tertiary/aromatic N) is 1. The quantitative estimate of drug-likeness (QED) is 0.689. The van der Waals surface area contributed by atoms with E-state index in [1.807, 2.05) is 55.5 Å². The Morgan fingerprint density at radius 2 is 1.69 bits per heavy atom. The number of esters is 1. The van der Waals surface area contributed by atoms with E-state index >= 15 is 0 Å². The van der Waals surface area contributed by atoms with Crippen LogP contribution in [0.5, 0.6) is 5.75 Å². The molecule has 4 heteroatoms. The predicted molar refractivity (Wildman–Crippen MR) is 103 cm³/mol. The second kappa shape index (κ2) is 9.39. The molecule has 0 N–H and O–H groups in total. The van der Waals surface area contributed by atoms with Crippen LogP contribution < -0.4 is 4.74 Å². The summed E-state index contributed by atoms with van der Waals surface area (Å²) < 4.78 is 11.5. The Hall–Kier alpha value is -2.33. The minimum atomic E-state index is -0.333. The molecule has 26 heavy (non-hydrogen) atoms. The Bertz CT molecular complexity index is 696. The van der Waals surface area contributed by atoms with Crippen molar-refractivity contribution in [3.8, 4) is 5.75 Å². The Labute approximate surface area is 155 Å². The number of carbonyl (C=O) groups is 1. The van der Waals surface area contributed by atoms with Gasteiger partial charge < -0.3 is 9.47 Å². The summed E-state index contributed by atoms with van der Waals surface area (Å²) in [7, 11) is 0. The fourth-order valence-electron chi connectivity index (χ4n) is 3.36. The number of benzene rings is 2. The topological polar surface area (TPSA) is 38.8 Å². The first kappa shape index (κ1) is 18.5. The fraction of sp³-hybridized carbons (Fsp3) is 0.409. The zero-order chi connectivity index (χ0) is 18.2. The molecule has 1 atom stereocenters. The Morgan fingerprint density at radius 3 is 2.42 bits per heavy atom. The first-order valence-electron chi connectivity index (χ1n) is 9.48. The highest BCUT2D eigenvalue weighted by Crippen LogP contribution is 2.25. The largest absolute Gasteiger partial charge is 0.493 e. The third-order valence-electron chi connectivity index (χ3n) is 4.70. The van der Waals surface area contributed by atoms with E-state index in [1.54, 1.807) is 6.07 Å². The van der Waals surface area contributed by atoms with Crippen LogP contribution in [0, 0.1) is 0 Å². The summed E-state index contributed by atoms with van der Waals surface area (Å²) >= 11 is 0. The molecule has 0 saturated carbocycles. The lowest BCUT2D eigenvalue weighted by Crippen LogP contribution is -2.35. The standard InChI is InChI=1S/C22H27NO3/c1-2-25-20-14-8-7-13-19(20)22(24)26-21(18-11-5-3-6-12-18)17-23-15-9-4-10-16-23/h3,5-8,11-14,21H,2,4,9-10,15-17H2,1H3. The molecule has 1 aliphatic heterocycles. The molecule has 2 aromatic carbocycles. The van der Waals surface area contributed by atoms with Crippen LogP contribution in [0.15, 0.2) is 54.6 Å². The lowest BCUT2D eigenvalue weighted by atomic mass is 10.1. The summed E-state index contributed by atoms with van der Waals surface area (Å²) in [6.07, 6.45) is 3.43. The van der Waals surface area contributed by atoms with Crippen molar-refractivity contribution in [3.05, 3.63) is 65.7 Å². The SMILES string of the molecule is CCOc1ccccc1C(=O)OC(CN1CCCCC1)c1ccccc1. The molecule has 0 amide bonds. The maximum Gasteiger partial charge on any atom is 0.342 e. The zero-order valence-electron chi connectivity index (χ0n) is 15.4. The van der Waals surface area contributed by atoms with E-state index in [0.717, 1.165) is 25.2 Å². The highest BCUT2D eigenvalue weighted by Gasteiger charge is 2.23. The molecule has 0 spiro atoms. The predicted octanol–water partition coefficient (Wildman–Crippen LogP) is 4.47. The molecule has 1 unspecified atom stereocenters. The Kier molecular flexibility index (Phi) is 6.67. The molecule has 1 saturated heterocycles. The van der Waals surface area contributed by atoms with Gasteiger partial charge in [0.2, 0.25) is 0 Å². The molecule has 138 valence electrons. The van der Waals surface area contributed by atoms with Gasteiger partial charge in [0.25, 0.3) is 0 Å². The van der Waals surface area contributed by atoms with Crippen molar-refractivity contribution in [3.63, 3.8) is 0 Å². The number of para-hydroxylation sites is 1. The van der Waals surface area contributed by atoms with Gasteiger partial charge in [0, 0.05) is 6.54 Å². The highest BCUT2D eigenvalue weighted by atomic mass is 16.5. The Balaban J connectivity index is 1.77. The molecule has 0 bridgehead atoms. The van der Waals surface area contributed by atoms with Gasteiger partial charge in [-0.3, -0.25) is 4.90 Å². The van der Waals surface area contributed by atoms with Crippen molar-refractivity contribution in [1.29, 1.82) is 0 Å². The maximum absolute atomic E-state index is 12.8. The fourth-order valence-corrected chi connectivity index (χ4v) is 3.36. The molecule has 3 rings (SSSR count). The Morgan fingerprint density at radius 1 is 1.00 bits per heavy atom. The second-order valence-electron chi connectivity index (χ2n) is 6.60. The summed E-state index contributed by atoms with van der Waals surface area (Å²) in [5.74, 6) is 0.240. The van der Waals surface area contributed by atoms with Crippen LogP contribution in [-0.2, 0) is 4.74 Å². The molecule has 0 radical (unpaired) electrons. The van der Waals surface area contributed by atoms with Gasteiger partial charge in [-0.1, -0.05) is 48.9 Å². The van der Waals surface area contributed by atoms with Crippen molar-refractivity contribution in [2.24, 2.45) is 0 Å². The molecule has 1 heterocycles. The van der Waals surface area contributed by atoms with Crippen LogP contribution in [0.25, 0.3) is 0 Å². The number of rotatable bonds is 7. The lowest BCUT2D eigenvalue weighted by molar-refractivity contribution is 0.0174. The van der Waals surface area contributed by atoms with Crippen LogP contribution >= 0.6 is 0 Å². The van der Waals surface area contributed by atoms with E-state index in [-0.39, 0.29) is 12.1 Å². The molecular formula is C22H27NO3. The van der Waals surface area contributed by atoms with Crippen molar-refractivity contribution in [1.82, 2.24) is 4.90 Å². The molecule has 0 aliphatic carbocycles. The van der Waals surface area contributed by atoms with Gasteiger partial charge in [-0.05, 0) is 50.6 Å². The van der Waals surface area contributed by atoms with E-state index in [9.17, 15) is 4.79 Å². The van der Waals surface area contributed by atoms with Crippen LogP contribution in [-0.4, -0.2) is 37.1 Å². The minimum Gasteiger partial charge on any atom is -0.493 e. The van der Waals surface area contributed by atoms with E-state index in [2.05, 4.69) is 4.90 Å². The number of hydrogen-bond donors (Lipinski definition) is 0. The molecule has 1 aliphatic rings. The molecule has 1 fully saturated rings. The van der Waals surface area contributed by atoms with Crippen LogP contribution in [0.2, 0.25) is 0 Å². The van der Waals surface area contributed by atoms with Gasteiger partial charge in [0.1, 0.15) is 17.4 Å². The first-order chi connectivity index (χ1) is 12.8. The summed E-state index contributed by atoms with van der Waals surface area (Å²) in [4.78, 5) is 15.2. The number of ether oxygens (including phenoxy) is 2. The summed E-state index contributed by atoms with van der Waals surface area (Å²) in [6, 6.07) is 17.3. The van der Waals surface area contributed by atoms with Crippen LogP contribution in [0.1, 0.15) is 48.2 Å². The number of piperidine rings is 1. The average Bonchev–Trinajstić information content (AvgIpc) is 2.69. The van der Waals surface area contributed by atoms with E-state index in [4.69, 9.17) is 9.47 Å². The molecular weight excluding hydrogens is 326 g/mol. The van der Waals surface area contributed by atoms with Gasteiger partial charge in [-0.25, -0.2) is 4.79 Å². The molecule has 4 nitrogen and oxygen atoms in total. The van der Waals surface area contributed by atoms with Crippen molar-refractivity contribution < 1.29 is 14.3 Å². The van der Waals surface area contributed by atoms with Crippen molar-refractivity contribution in [2.75, 3.05) is 26.2 Å². The summed E-state index contributed by atoms with van der Waals surface area (Å²) in [5, 5.41) is 0. The molecule has 0 aromatic heterocycles. The van der Waals surface area contributed by atoms with Crippen molar-refractivity contribution in [2.45, 2.75) is 32.3 Å². The number of carbonyl (C=O) groups excluding carboxylic acids is 1. The third-order valence-corrected chi connectivity index (χ3v) is 4.70. The van der Waals surface area contributed by atoms with E-state index < -0.39 is 0 Å². The maximum atomic E-state index is 12.8. The van der Waals surface area contributed by atoms with Crippen LogP contribution in [0.3, 0.4) is 0 Å². The van der Waals surface area contributed by atoms with Gasteiger partial charge in [0.05, 0.1) is 6.61 Å². The smallest absolute Gasteiger partial charge is 0.342 e. The van der Waals surface area contributed by atoms with E-state index in [0.29, 0.717) is 17.9 Å². The zero-order valence-corrected chi connectivity index (χ0v) is 15.4. The number of hydrogen-bond acceptors (Lipinski definition) is 4. The van der Waals surface area contributed by atoms with Gasteiger partial charge in [-0.2, -0.15) is 0 Å². The highest BCUT2D eigenvalue weighted by molar-refractivity contribution is 5.92. The second-order valence-corrected chi connectivity index (χ2v) is 6.60. The first-order valence-corrected chi connectivity index (χ1v) is 9.48. The summed E-state index contributed by atoms with van der Waals surface area (Å²) in [5.41, 5.74) is 1.51. The summed E-state index contributed by atoms with van der Waals surface area (Å²) in [6.45, 7) is 5.28. The average molecular weight is 353 g/mol. The third kappa shape index (κ3) is 4.85. The minimum absolute atomic E-state index is 0.281. The monoisotopic (exact) mass is 353 g/mol.